The first kappa shape index (κ1) is 22.4. The van der Waals surface area contributed by atoms with E-state index in [0.717, 1.165) is 5.56 Å². The van der Waals surface area contributed by atoms with Gasteiger partial charge < -0.3 is 9.88 Å². The summed E-state index contributed by atoms with van der Waals surface area (Å²) in [4.78, 5) is 22.7. The zero-order valence-corrected chi connectivity index (χ0v) is 18.5. The molecule has 0 saturated heterocycles. The van der Waals surface area contributed by atoms with Crippen molar-refractivity contribution in [2.75, 3.05) is 11.1 Å². The Labute approximate surface area is 190 Å². The van der Waals surface area contributed by atoms with Crippen LogP contribution in [0.15, 0.2) is 41.6 Å². The Kier molecular flexibility index (Phi) is 7.19. The van der Waals surface area contributed by atoms with Gasteiger partial charge in [0.2, 0.25) is 5.91 Å². The standard InChI is InChI=1S/C18H14Cl3N5O3S/c1-2-25-17(10-3-5-12(19)14(21)7-10)23-24-18(25)30-9-16(27)22-15-8-11(26(28)29)4-6-13(15)20/h3-8H,2,9H2,1H3,(H,22,27). The van der Waals surface area contributed by atoms with E-state index < -0.39 is 4.92 Å². The van der Waals surface area contributed by atoms with Gasteiger partial charge in [-0.1, -0.05) is 46.6 Å². The van der Waals surface area contributed by atoms with E-state index in [-0.39, 0.29) is 28.1 Å². The van der Waals surface area contributed by atoms with Crippen LogP contribution in [-0.4, -0.2) is 31.3 Å². The SMILES string of the molecule is CCn1c(SCC(=O)Nc2cc([N+](=O)[O-])ccc2Cl)nnc1-c1ccc(Cl)c(Cl)c1. The van der Waals surface area contributed by atoms with E-state index in [2.05, 4.69) is 15.5 Å². The lowest BCUT2D eigenvalue weighted by atomic mass is 10.2. The number of nitro benzene ring substituents is 1. The lowest BCUT2D eigenvalue weighted by Gasteiger charge is -2.09. The summed E-state index contributed by atoms with van der Waals surface area (Å²) in [5.74, 6) is 0.225. The van der Waals surface area contributed by atoms with Crippen LogP contribution in [0.2, 0.25) is 15.1 Å². The number of nitrogens with one attached hydrogen (secondary N) is 1. The van der Waals surface area contributed by atoms with Crippen LogP contribution in [0, 0.1) is 10.1 Å². The smallest absolute Gasteiger partial charge is 0.271 e. The van der Waals surface area contributed by atoms with Gasteiger partial charge in [-0.15, -0.1) is 10.2 Å². The minimum absolute atomic E-state index is 0.0124. The molecule has 1 amide bonds. The number of nitrogens with zero attached hydrogens (tertiary/aromatic N) is 4. The Morgan fingerprint density at radius 2 is 1.87 bits per heavy atom. The molecule has 0 atom stereocenters. The number of nitro groups is 1. The Morgan fingerprint density at radius 1 is 1.13 bits per heavy atom. The van der Waals surface area contributed by atoms with E-state index in [1.54, 1.807) is 18.2 Å². The van der Waals surface area contributed by atoms with Crippen LogP contribution in [0.25, 0.3) is 11.4 Å². The average Bonchev–Trinajstić information content (AvgIpc) is 3.13. The van der Waals surface area contributed by atoms with Gasteiger partial charge in [0.25, 0.3) is 5.69 Å². The third-order valence-electron chi connectivity index (χ3n) is 3.98. The van der Waals surface area contributed by atoms with E-state index in [4.69, 9.17) is 34.8 Å². The number of halogens is 3. The number of benzene rings is 2. The van der Waals surface area contributed by atoms with E-state index in [0.29, 0.717) is 27.6 Å². The maximum absolute atomic E-state index is 12.3. The molecule has 0 unspecified atom stereocenters. The number of aromatic nitrogens is 3. The highest BCUT2D eigenvalue weighted by molar-refractivity contribution is 7.99. The van der Waals surface area contributed by atoms with Gasteiger partial charge in [-0.2, -0.15) is 0 Å². The summed E-state index contributed by atoms with van der Waals surface area (Å²) >= 11 is 19.2. The maximum Gasteiger partial charge on any atom is 0.271 e. The second-order valence-electron chi connectivity index (χ2n) is 5.94. The van der Waals surface area contributed by atoms with E-state index in [1.807, 2.05) is 11.5 Å². The van der Waals surface area contributed by atoms with E-state index >= 15 is 0 Å². The van der Waals surface area contributed by atoms with Gasteiger partial charge in [-0.25, -0.2) is 0 Å². The quantitative estimate of drug-likeness (QED) is 0.266. The van der Waals surface area contributed by atoms with E-state index in [9.17, 15) is 14.9 Å². The molecule has 0 spiro atoms. The minimum Gasteiger partial charge on any atom is -0.324 e. The molecule has 3 rings (SSSR count). The Bertz CT molecular complexity index is 1120. The van der Waals surface area contributed by atoms with Crippen LogP contribution in [-0.2, 0) is 11.3 Å². The van der Waals surface area contributed by atoms with Crippen LogP contribution < -0.4 is 5.32 Å². The first-order valence-corrected chi connectivity index (χ1v) is 10.7. The summed E-state index contributed by atoms with van der Waals surface area (Å²) in [6.07, 6.45) is 0. The number of hydrogen-bond donors (Lipinski definition) is 1. The molecule has 0 saturated carbocycles. The molecule has 1 heterocycles. The normalized spacial score (nSPS) is 10.8. The first-order valence-electron chi connectivity index (χ1n) is 8.55. The number of anilines is 1. The summed E-state index contributed by atoms with van der Waals surface area (Å²) in [6, 6.07) is 9.00. The predicted molar refractivity (Wildman–Crippen MR) is 119 cm³/mol. The van der Waals surface area contributed by atoms with Crippen molar-refractivity contribution in [3.05, 3.63) is 61.6 Å². The number of carbonyl (C=O) groups excluding carboxylic acids is 1. The number of amides is 1. The molecule has 3 aromatic rings. The summed E-state index contributed by atoms with van der Waals surface area (Å²) in [5.41, 5.74) is 0.752. The molecule has 0 aliphatic carbocycles. The van der Waals surface area contributed by atoms with Crippen LogP contribution in [0.3, 0.4) is 0 Å². The highest BCUT2D eigenvalue weighted by Gasteiger charge is 2.17. The number of rotatable bonds is 7. The zero-order valence-electron chi connectivity index (χ0n) is 15.4. The lowest BCUT2D eigenvalue weighted by molar-refractivity contribution is -0.384. The van der Waals surface area contributed by atoms with Crippen molar-refractivity contribution in [1.82, 2.24) is 14.8 Å². The minimum atomic E-state index is -0.561. The van der Waals surface area contributed by atoms with Gasteiger partial charge in [-0.3, -0.25) is 14.9 Å². The second kappa shape index (κ2) is 9.65. The summed E-state index contributed by atoms with van der Waals surface area (Å²) < 4.78 is 1.85. The van der Waals surface area contributed by atoms with Crippen molar-refractivity contribution in [1.29, 1.82) is 0 Å². The van der Waals surface area contributed by atoms with Crippen molar-refractivity contribution in [2.45, 2.75) is 18.6 Å². The van der Waals surface area contributed by atoms with Crippen molar-refractivity contribution in [3.63, 3.8) is 0 Å². The fourth-order valence-corrected chi connectivity index (χ4v) is 3.83. The van der Waals surface area contributed by atoms with E-state index in [1.165, 1.54) is 30.0 Å². The van der Waals surface area contributed by atoms with Crippen LogP contribution in [0.5, 0.6) is 0 Å². The number of hydrogen-bond acceptors (Lipinski definition) is 6. The van der Waals surface area contributed by atoms with Crippen LogP contribution in [0.4, 0.5) is 11.4 Å². The van der Waals surface area contributed by atoms with Crippen molar-refractivity contribution in [2.24, 2.45) is 0 Å². The first-order chi connectivity index (χ1) is 14.3. The summed E-state index contributed by atoms with van der Waals surface area (Å²) in [6.45, 7) is 2.50. The molecule has 8 nitrogen and oxygen atoms in total. The Morgan fingerprint density at radius 3 is 2.53 bits per heavy atom. The third kappa shape index (κ3) is 5.04. The molecule has 0 aliphatic heterocycles. The average molecular weight is 487 g/mol. The molecule has 0 aliphatic rings. The molecule has 156 valence electrons. The third-order valence-corrected chi connectivity index (χ3v) is 6.01. The molecule has 0 radical (unpaired) electrons. The number of carbonyl (C=O) groups is 1. The monoisotopic (exact) mass is 485 g/mol. The highest BCUT2D eigenvalue weighted by Crippen LogP contribution is 2.30. The zero-order chi connectivity index (χ0) is 21.8. The van der Waals surface area contributed by atoms with Gasteiger partial charge in [0.1, 0.15) is 0 Å². The fourth-order valence-electron chi connectivity index (χ4n) is 2.57. The Hall–Kier alpha value is -2.33. The molecule has 1 N–H and O–H groups in total. The molecular formula is C18H14Cl3N5O3S. The second-order valence-corrected chi connectivity index (χ2v) is 8.10. The Balaban J connectivity index is 1.72. The molecule has 30 heavy (non-hydrogen) atoms. The molecule has 0 fully saturated rings. The van der Waals surface area contributed by atoms with Crippen molar-refractivity contribution < 1.29 is 9.72 Å². The van der Waals surface area contributed by atoms with Gasteiger partial charge in [0.05, 0.1) is 31.4 Å². The summed E-state index contributed by atoms with van der Waals surface area (Å²) in [7, 11) is 0. The topological polar surface area (TPSA) is 103 Å². The molecule has 0 bridgehead atoms. The molecular weight excluding hydrogens is 473 g/mol. The number of non-ortho nitro benzene ring substituents is 1. The molecule has 2 aromatic carbocycles. The molecule has 12 heteroatoms. The van der Waals surface area contributed by atoms with Gasteiger partial charge in [0.15, 0.2) is 11.0 Å². The van der Waals surface area contributed by atoms with Gasteiger partial charge in [0, 0.05) is 24.2 Å². The largest absolute Gasteiger partial charge is 0.324 e. The maximum atomic E-state index is 12.3. The summed E-state index contributed by atoms with van der Waals surface area (Å²) in [5, 5.41) is 23.4. The van der Waals surface area contributed by atoms with Crippen molar-refractivity contribution >= 4 is 63.8 Å². The predicted octanol–water partition coefficient (Wildman–Crippen LogP) is 5.56. The van der Waals surface area contributed by atoms with Crippen LogP contribution >= 0.6 is 46.6 Å². The number of thioether (sulfide) groups is 1. The van der Waals surface area contributed by atoms with Gasteiger partial charge in [-0.05, 0) is 31.2 Å². The highest BCUT2D eigenvalue weighted by atomic mass is 35.5. The van der Waals surface area contributed by atoms with Crippen LogP contribution in [0.1, 0.15) is 6.92 Å². The fraction of sp³-hybridized carbons (Fsp3) is 0.167. The van der Waals surface area contributed by atoms with Gasteiger partial charge >= 0.3 is 0 Å². The molecule has 1 aromatic heterocycles. The van der Waals surface area contributed by atoms with Crippen molar-refractivity contribution in [3.8, 4) is 11.4 Å². The lowest BCUT2D eigenvalue weighted by Crippen LogP contribution is -2.15.